The standard InChI is InChI=1S/C12H20N4/c1-3-16(8-10-5-4-6-10)12-7-11(13)14-9(2)15-12/h7,10H,3-6,8H2,1-2H3,(H2,13,14,15). The maximum Gasteiger partial charge on any atom is 0.134 e. The molecule has 0 amide bonds. The number of hydrogen-bond acceptors (Lipinski definition) is 4. The molecule has 88 valence electrons. The fraction of sp³-hybridized carbons (Fsp3) is 0.667. The summed E-state index contributed by atoms with van der Waals surface area (Å²) in [5, 5.41) is 0. The monoisotopic (exact) mass is 220 g/mol. The Labute approximate surface area is 96.9 Å². The van der Waals surface area contributed by atoms with E-state index in [1.54, 1.807) is 0 Å². The number of rotatable bonds is 4. The van der Waals surface area contributed by atoms with E-state index in [2.05, 4.69) is 21.8 Å². The first-order chi connectivity index (χ1) is 7.69. The van der Waals surface area contributed by atoms with E-state index in [0.29, 0.717) is 5.82 Å². The van der Waals surface area contributed by atoms with E-state index in [9.17, 15) is 0 Å². The molecule has 0 spiro atoms. The zero-order valence-electron chi connectivity index (χ0n) is 10.1. The summed E-state index contributed by atoms with van der Waals surface area (Å²) in [6.45, 7) is 6.13. The van der Waals surface area contributed by atoms with Crippen molar-refractivity contribution in [3.63, 3.8) is 0 Å². The number of nitrogens with zero attached hydrogens (tertiary/aromatic N) is 3. The van der Waals surface area contributed by atoms with Crippen molar-refractivity contribution in [1.82, 2.24) is 9.97 Å². The molecule has 1 heterocycles. The Hall–Kier alpha value is -1.32. The van der Waals surface area contributed by atoms with Gasteiger partial charge in [-0.25, -0.2) is 9.97 Å². The summed E-state index contributed by atoms with van der Waals surface area (Å²) < 4.78 is 0. The predicted octanol–water partition coefficient (Wildman–Crippen LogP) is 1.99. The van der Waals surface area contributed by atoms with E-state index in [4.69, 9.17) is 5.73 Å². The summed E-state index contributed by atoms with van der Waals surface area (Å²) in [5.41, 5.74) is 5.75. The lowest BCUT2D eigenvalue weighted by Crippen LogP contribution is -2.33. The summed E-state index contributed by atoms with van der Waals surface area (Å²) in [7, 11) is 0. The largest absolute Gasteiger partial charge is 0.384 e. The Kier molecular flexibility index (Phi) is 3.27. The molecule has 1 aliphatic carbocycles. The number of hydrogen-bond donors (Lipinski definition) is 1. The van der Waals surface area contributed by atoms with Gasteiger partial charge in [0.15, 0.2) is 0 Å². The zero-order valence-corrected chi connectivity index (χ0v) is 10.1. The smallest absolute Gasteiger partial charge is 0.134 e. The molecule has 2 N–H and O–H groups in total. The Morgan fingerprint density at radius 3 is 2.69 bits per heavy atom. The molecule has 0 atom stereocenters. The van der Waals surface area contributed by atoms with Gasteiger partial charge >= 0.3 is 0 Å². The van der Waals surface area contributed by atoms with Crippen molar-refractivity contribution in [3.8, 4) is 0 Å². The van der Waals surface area contributed by atoms with Gasteiger partial charge in [0.1, 0.15) is 17.5 Å². The van der Waals surface area contributed by atoms with E-state index in [1.807, 2.05) is 13.0 Å². The second-order valence-electron chi connectivity index (χ2n) is 4.53. The topological polar surface area (TPSA) is 55.0 Å². The zero-order chi connectivity index (χ0) is 11.5. The molecule has 2 rings (SSSR count). The Bertz CT molecular complexity index is 340. The van der Waals surface area contributed by atoms with Crippen LogP contribution in [0, 0.1) is 12.8 Å². The molecule has 0 unspecified atom stereocenters. The number of anilines is 2. The molecule has 1 fully saturated rings. The van der Waals surface area contributed by atoms with Crippen LogP contribution in [0.25, 0.3) is 0 Å². The van der Waals surface area contributed by atoms with Gasteiger partial charge in [-0.1, -0.05) is 6.42 Å². The van der Waals surface area contributed by atoms with Crippen LogP contribution in [0.2, 0.25) is 0 Å². The molecule has 0 bridgehead atoms. The van der Waals surface area contributed by atoms with Crippen molar-refractivity contribution >= 4 is 11.6 Å². The van der Waals surface area contributed by atoms with Gasteiger partial charge in [-0.15, -0.1) is 0 Å². The first-order valence-electron chi connectivity index (χ1n) is 6.05. The molecular formula is C12H20N4. The van der Waals surface area contributed by atoms with Gasteiger partial charge in [0, 0.05) is 19.2 Å². The van der Waals surface area contributed by atoms with Gasteiger partial charge < -0.3 is 10.6 Å². The molecule has 0 aliphatic heterocycles. The summed E-state index contributed by atoms with van der Waals surface area (Å²) in [6.07, 6.45) is 4.10. The van der Waals surface area contributed by atoms with Crippen molar-refractivity contribution in [2.45, 2.75) is 33.1 Å². The highest BCUT2D eigenvalue weighted by Gasteiger charge is 2.21. The van der Waals surface area contributed by atoms with Crippen molar-refractivity contribution in [2.24, 2.45) is 5.92 Å². The molecule has 0 aromatic carbocycles. The lowest BCUT2D eigenvalue weighted by molar-refractivity contribution is 0.318. The van der Waals surface area contributed by atoms with Gasteiger partial charge in [-0.05, 0) is 32.6 Å². The average Bonchev–Trinajstić information content (AvgIpc) is 2.14. The molecule has 1 aromatic rings. The van der Waals surface area contributed by atoms with Crippen molar-refractivity contribution < 1.29 is 0 Å². The first kappa shape index (κ1) is 11.2. The number of aromatic nitrogens is 2. The number of aryl methyl sites for hydroxylation is 1. The fourth-order valence-corrected chi connectivity index (χ4v) is 2.11. The summed E-state index contributed by atoms with van der Waals surface area (Å²) in [4.78, 5) is 10.9. The minimum absolute atomic E-state index is 0.564. The normalized spacial score (nSPS) is 15.9. The molecule has 1 aromatic heterocycles. The van der Waals surface area contributed by atoms with E-state index >= 15 is 0 Å². The van der Waals surface area contributed by atoms with Crippen LogP contribution >= 0.6 is 0 Å². The predicted molar refractivity (Wildman–Crippen MR) is 66.4 cm³/mol. The highest BCUT2D eigenvalue weighted by Crippen LogP contribution is 2.28. The Morgan fingerprint density at radius 1 is 1.44 bits per heavy atom. The highest BCUT2D eigenvalue weighted by atomic mass is 15.2. The van der Waals surface area contributed by atoms with Crippen molar-refractivity contribution in [2.75, 3.05) is 23.7 Å². The van der Waals surface area contributed by atoms with Crippen LogP contribution in [0.4, 0.5) is 11.6 Å². The van der Waals surface area contributed by atoms with Crippen LogP contribution in [0.3, 0.4) is 0 Å². The third-order valence-corrected chi connectivity index (χ3v) is 3.25. The second-order valence-corrected chi connectivity index (χ2v) is 4.53. The fourth-order valence-electron chi connectivity index (χ4n) is 2.11. The third-order valence-electron chi connectivity index (χ3n) is 3.25. The van der Waals surface area contributed by atoms with Gasteiger partial charge in [0.05, 0.1) is 0 Å². The maximum atomic E-state index is 5.75. The summed E-state index contributed by atoms with van der Waals surface area (Å²) >= 11 is 0. The van der Waals surface area contributed by atoms with Crippen LogP contribution in [-0.4, -0.2) is 23.1 Å². The molecule has 4 heteroatoms. The van der Waals surface area contributed by atoms with Crippen LogP contribution in [0.1, 0.15) is 32.0 Å². The van der Waals surface area contributed by atoms with Gasteiger partial charge in [0.25, 0.3) is 0 Å². The molecule has 0 radical (unpaired) electrons. The van der Waals surface area contributed by atoms with Gasteiger partial charge in [-0.2, -0.15) is 0 Å². The van der Waals surface area contributed by atoms with Crippen LogP contribution in [-0.2, 0) is 0 Å². The van der Waals surface area contributed by atoms with Crippen LogP contribution in [0.15, 0.2) is 6.07 Å². The molecule has 16 heavy (non-hydrogen) atoms. The van der Waals surface area contributed by atoms with Crippen LogP contribution < -0.4 is 10.6 Å². The molecule has 4 nitrogen and oxygen atoms in total. The number of nitrogen functional groups attached to an aromatic ring is 1. The average molecular weight is 220 g/mol. The van der Waals surface area contributed by atoms with E-state index in [0.717, 1.165) is 30.6 Å². The van der Waals surface area contributed by atoms with Crippen molar-refractivity contribution in [3.05, 3.63) is 11.9 Å². The Morgan fingerprint density at radius 2 is 2.19 bits per heavy atom. The first-order valence-corrected chi connectivity index (χ1v) is 6.05. The highest BCUT2D eigenvalue weighted by molar-refractivity contribution is 5.46. The van der Waals surface area contributed by atoms with Crippen LogP contribution in [0.5, 0.6) is 0 Å². The lowest BCUT2D eigenvalue weighted by Gasteiger charge is -2.32. The quantitative estimate of drug-likeness (QED) is 0.843. The number of nitrogens with two attached hydrogens (primary N) is 1. The lowest BCUT2D eigenvalue weighted by atomic mass is 9.85. The minimum Gasteiger partial charge on any atom is -0.384 e. The maximum absolute atomic E-state index is 5.75. The molecular weight excluding hydrogens is 200 g/mol. The molecule has 1 aliphatic rings. The van der Waals surface area contributed by atoms with Crippen molar-refractivity contribution in [1.29, 1.82) is 0 Å². The van der Waals surface area contributed by atoms with E-state index < -0.39 is 0 Å². The van der Waals surface area contributed by atoms with Gasteiger partial charge in [0.2, 0.25) is 0 Å². The van der Waals surface area contributed by atoms with E-state index in [-0.39, 0.29) is 0 Å². The minimum atomic E-state index is 0.564. The second kappa shape index (κ2) is 4.68. The molecule has 0 saturated heterocycles. The summed E-state index contributed by atoms with van der Waals surface area (Å²) in [5.74, 6) is 3.13. The third kappa shape index (κ3) is 2.43. The molecule has 1 saturated carbocycles. The van der Waals surface area contributed by atoms with Gasteiger partial charge in [-0.3, -0.25) is 0 Å². The summed E-state index contributed by atoms with van der Waals surface area (Å²) in [6, 6.07) is 1.87. The van der Waals surface area contributed by atoms with E-state index in [1.165, 1.54) is 19.3 Å². The Balaban J connectivity index is 2.11. The SMILES string of the molecule is CCN(CC1CCC1)c1cc(N)nc(C)n1.